The van der Waals surface area contributed by atoms with E-state index in [0.717, 1.165) is 28.9 Å². The van der Waals surface area contributed by atoms with E-state index >= 15 is 0 Å². The van der Waals surface area contributed by atoms with Crippen LogP contribution in [0.25, 0.3) is 27.4 Å². The molecular formula is C20H19Cl2N3. The molecule has 0 bridgehead atoms. The second kappa shape index (κ2) is 5.79. The van der Waals surface area contributed by atoms with Crippen LogP contribution >= 0.6 is 23.2 Å². The summed E-state index contributed by atoms with van der Waals surface area (Å²) in [5.74, 6) is 0. The van der Waals surface area contributed by atoms with Gasteiger partial charge in [0.25, 0.3) is 0 Å². The molecule has 3 nitrogen and oxygen atoms in total. The summed E-state index contributed by atoms with van der Waals surface area (Å²) < 4.78 is 4.33. The minimum Gasteiger partial charge on any atom is -0.348 e. The molecule has 0 unspecified atom stereocenters. The van der Waals surface area contributed by atoms with Crippen LogP contribution in [0.15, 0.2) is 30.5 Å². The maximum absolute atomic E-state index is 6.19. The highest BCUT2D eigenvalue weighted by Crippen LogP contribution is 2.35. The summed E-state index contributed by atoms with van der Waals surface area (Å²) in [5.41, 5.74) is 6.85. The van der Waals surface area contributed by atoms with Crippen molar-refractivity contribution in [3.63, 3.8) is 0 Å². The quantitative estimate of drug-likeness (QED) is 0.410. The molecule has 4 rings (SSSR count). The number of halogens is 2. The number of aromatic nitrogens is 3. The minimum absolute atomic E-state index is 0.563. The molecule has 25 heavy (non-hydrogen) atoms. The molecule has 1 aromatic carbocycles. The van der Waals surface area contributed by atoms with Gasteiger partial charge in [-0.25, -0.2) is 4.52 Å². The molecule has 0 aliphatic heterocycles. The lowest BCUT2D eigenvalue weighted by molar-refractivity contribution is 0.723. The third kappa shape index (κ3) is 2.37. The molecule has 128 valence electrons. The topological polar surface area (TPSA) is 22.2 Å². The van der Waals surface area contributed by atoms with Crippen LogP contribution in [-0.4, -0.2) is 14.2 Å². The van der Waals surface area contributed by atoms with E-state index in [1.54, 1.807) is 0 Å². The number of aryl methyl sites for hydroxylation is 3. The van der Waals surface area contributed by atoms with Crippen LogP contribution < -0.4 is 0 Å². The number of nitrogens with zero attached hydrogens (tertiary/aromatic N) is 3. The third-order valence-corrected chi connectivity index (χ3v) is 5.77. The van der Waals surface area contributed by atoms with Crippen LogP contribution in [0.5, 0.6) is 0 Å². The van der Waals surface area contributed by atoms with E-state index in [2.05, 4.69) is 44.5 Å². The van der Waals surface area contributed by atoms with Crippen LogP contribution in [0, 0.1) is 20.8 Å². The van der Waals surface area contributed by atoms with Crippen molar-refractivity contribution in [2.75, 3.05) is 0 Å². The van der Waals surface area contributed by atoms with E-state index in [4.69, 9.17) is 28.3 Å². The highest BCUT2D eigenvalue weighted by molar-refractivity contribution is 6.42. The molecule has 0 aliphatic rings. The Labute approximate surface area is 156 Å². The molecule has 0 aliphatic carbocycles. The lowest BCUT2D eigenvalue weighted by Crippen LogP contribution is -1.98. The third-order valence-electron chi connectivity index (χ3n) is 5.03. The van der Waals surface area contributed by atoms with E-state index in [9.17, 15) is 0 Å². The largest absolute Gasteiger partial charge is 0.348 e. The van der Waals surface area contributed by atoms with Crippen molar-refractivity contribution in [3.05, 3.63) is 57.6 Å². The molecular weight excluding hydrogens is 353 g/mol. The van der Waals surface area contributed by atoms with Gasteiger partial charge >= 0.3 is 0 Å². The van der Waals surface area contributed by atoms with Crippen molar-refractivity contribution >= 4 is 39.5 Å². The standard InChI is InChI=1S/C20H19Cl2N3/c1-5-24-12(3)19-11(2)23-25-10-15(9-18(25)20(19)13(24)4)14-6-7-16(21)17(22)8-14/h6-10H,5H2,1-4H3. The number of rotatable bonds is 2. The Balaban J connectivity index is 2.06. The summed E-state index contributed by atoms with van der Waals surface area (Å²) in [4.78, 5) is 0. The fraction of sp³-hybridized carbons (Fsp3) is 0.250. The van der Waals surface area contributed by atoms with Gasteiger partial charge in [0.15, 0.2) is 0 Å². The van der Waals surface area contributed by atoms with Crippen LogP contribution in [-0.2, 0) is 6.54 Å². The molecule has 0 radical (unpaired) electrons. The maximum Gasteiger partial charge on any atom is 0.0749 e. The first-order valence-electron chi connectivity index (χ1n) is 8.36. The van der Waals surface area contributed by atoms with Gasteiger partial charge in [0.1, 0.15) is 0 Å². The van der Waals surface area contributed by atoms with Crippen LogP contribution in [0.1, 0.15) is 24.0 Å². The molecule has 0 spiro atoms. The van der Waals surface area contributed by atoms with Crippen molar-refractivity contribution in [2.24, 2.45) is 0 Å². The van der Waals surface area contributed by atoms with Gasteiger partial charge in [0, 0.05) is 40.5 Å². The molecule has 0 fully saturated rings. The maximum atomic E-state index is 6.19. The molecule has 4 aromatic rings. The Morgan fingerprint density at radius 3 is 2.32 bits per heavy atom. The van der Waals surface area contributed by atoms with Gasteiger partial charge in [0.2, 0.25) is 0 Å². The highest BCUT2D eigenvalue weighted by atomic mass is 35.5. The first-order valence-corrected chi connectivity index (χ1v) is 9.11. The molecule has 5 heteroatoms. The zero-order valence-electron chi connectivity index (χ0n) is 14.7. The fourth-order valence-corrected chi connectivity index (χ4v) is 4.18. The van der Waals surface area contributed by atoms with Crippen LogP contribution in [0.2, 0.25) is 10.0 Å². The van der Waals surface area contributed by atoms with Crippen molar-refractivity contribution in [3.8, 4) is 11.1 Å². The minimum atomic E-state index is 0.563. The highest BCUT2D eigenvalue weighted by Gasteiger charge is 2.17. The predicted octanol–water partition coefficient (Wildman–Crippen LogP) is 6.21. The van der Waals surface area contributed by atoms with E-state index < -0.39 is 0 Å². The summed E-state index contributed by atoms with van der Waals surface area (Å²) in [5, 5.41) is 8.44. The lowest BCUT2D eigenvalue weighted by Gasteiger charge is -2.03. The van der Waals surface area contributed by atoms with E-state index in [0.29, 0.717) is 10.0 Å². The molecule has 3 aromatic heterocycles. The van der Waals surface area contributed by atoms with E-state index in [-0.39, 0.29) is 0 Å². The average molecular weight is 372 g/mol. The Bertz CT molecular complexity index is 1140. The van der Waals surface area contributed by atoms with Gasteiger partial charge in [-0.3, -0.25) is 0 Å². The van der Waals surface area contributed by atoms with Crippen molar-refractivity contribution in [1.82, 2.24) is 14.2 Å². The Kier molecular flexibility index (Phi) is 3.82. The summed E-state index contributed by atoms with van der Waals surface area (Å²) in [6.45, 7) is 9.57. The first-order chi connectivity index (χ1) is 11.9. The first kappa shape index (κ1) is 16.5. The predicted molar refractivity (Wildman–Crippen MR) is 106 cm³/mol. The van der Waals surface area contributed by atoms with Crippen molar-refractivity contribution in [1.29, 1.82) is 0 Å². The SMILES string of the molecule is CCn1c(C)c2c(C)nn3cc(-c4ccc(Cl)c(Cl)c4)cc3c2c1C. The molecule has 0 saturated carbocycles. The second-order valence-electron chi connectivity index (χ2n) is 6.44. The summed E-state index contributed by atoms with van der Waals surface area (Å²) >= 11 is 12.2. The number of benzene rings is 1. The zero-order valence-corrected chi connectivity index (χ0v) is 16.2. The molecule has 0 atom stereocenters. The van der Waals surface area contributed by atoms with Crippen molar-refractivity contribution in [2.45, 2.75) is 34.2 Å². The lowest BCUT2D eigenvalue weighted by atomic mass is 10.1. The summed E-state index contributed by atoms with van der Waals surface area (Å²) in [7, 11) is 0. The van der Waals surface area contributed by atoms with Crippen LogP contribution in [0.3, 0.4) is 0 Å². The van der Waals surface area contributed by atoms with Gasteiger partial charge in [-0.05, 0) is 51.5 Å². The molecule has 0 N–H and O–H groups in total. The normalized spacial score (nSPS) is 11.8. The monoisotopic (exact) mass is 371 g/mol. The molecule has 3 heterocycles. The van der Waals surface area contributed by atoms with Gasteiger partial charge in [-0.1, -0.05) is 29.3 Å². The van der Waals surface area contributed by atoms with Gasteiger partial charge in [0.05, 0.1) is 21.3 Å². The number of hydrogen-bond acceptors (Lipinski definition) is 1. The summed E-state index contributed by atoms with van der Waals surface area (Å²) in [6.07, 6.45) is 2.05. The fourth-order valence-electron chi connectivity index (χ4n) is 3.88. The Hall–Kier alpha value is -1.97. The van der Waals surface area contributed by atoms with Gasteiger partial charge < -0.3 is 4.57 Å². The second-order valence-corrected chi connectivity index (χ2v) is 7.25. The molecule has 0 saturated heterocycles. The number of hydrogen-bond donors (Lipinski definition) is 0. The Morgan fingerprint density at radius 2 is 1.64 bits per heavy atom. The number of fused-ring (bicyclic) bond motifs is 3. The Morgan fingerprint density at radius 1 is 0.920 bits per heavy atom. The van der Waals surface area contributed by atoms with Crippen molar-refractivity contribution < 1.29 is 0 Å². The van der Waals surface area contributed by atoms with Gasteiger partial charge in [-0.15, -0.1) is 0 Å². The molecule has 0 amide bonds. The smallest absolute Gasteiger partial charge is 0.0749 e. The average Bonchev–Trinajstić information content (AvgIpc) is 3.09. The summed E-state index contributed by atoms with van der Waals surface area (Å²) in [6, 6.07) is 7.90. The zero-order chi connectivity index (χ0) is 17.9. The van der Waals surface area contributed by atoms with Crippen LogP contribution in [0.4, 0.5) is 0 Å². The van der Waals surface area contributed by atoms with Gasteiger partial charge in [-0.2, -0.15) is 5.10 Å². The van der Waals surface area contributed by atoms with E-state index in [1.165, 1.54) is 22.2 Å². The van der Waals surface area contributed by atoms with E-state index in [1.807, 2.05) is 22.7 Å².